The third-order valence-corrected chi connectivity index (χ3v) is 4.66. The Morgan fingerprint density at radius 3 is 2.67 bits per heavy atom. The fourth-order valence-corrected chi connectivity index (χ4v) is 3.73. The Morgan fingerprint density at radius 2 is 2.00 bits per heavy atom. The summed E-state index contributed by atoms with van der Waals surface area (Å²) in [7, 11) is 0. The third-order valence-electron chi connectivity index (χ3n) is 4.66. The minimum atomic E-state index is 0.233. The maximum absolute atomic E-state index is 11.9. The number of rotatable bonds is 4. The van der Waals surface area contributed by atoms with Gasteiger partial charge in [0.15, 0.2) is 0 Å². The van der Waals surface area contributed by atoms with Crippen LogP contribution < -0.4 is 5.32 Å². The van der Waals surface area contributed by atoms with Crippen molar-refractivity contribution in [3.05, 3.63) is 35.9 Å². The number of hydrogen-bond acceptors (Lipinski definition) is 1. The second-order valence-electron chi connectivity index (χ2n) is 5.90. The molecule has 3 rings (SSSR count). The summed E-state index contributed by atoms with van der Waals surface area (Å²) < 4.78 is 0. The Balaban J connectivity index is 1.45. The summed E-state index contributed by atoms with van der Waals surface area (Å²) in [5, 5.41) is 3.05. The number of carbonyl (C=O) groups is 1. The zero-order valence-electron chi connectivity index (χ0n) is 10.8. The number of hydrogen-bond donors (Lipinski definition) is 1. The molecule has 2 aliphatic carbocycles. The van der Waals surface area contributed by atoms with E-state index in [1.807, 2.05) is 18.2 Å². The molecule has 1 N–H and O–H groups in total. The molecule has 3 unspecified atom stereocenters. The zero-order chi connectivity index (χ0) is 12.4. The summed E-state index contributed by atoms with van der Waals surface area (Å²) in [5.74, 6) is 2.68. The molecular formula is C16H21NO. The van der Waals surface area contributed by atoms with Gasteiger partial charge in [-0.25, -0.2) is 0 Å². The van der Waals surface area contributed by atoms with Gasteiger partial charge in [-0.15, -0.1) is 0 Å². The monoisotopic (exact) mass is 243 g/mol. The van der Waals surface area contributed by atoms with Gasteiger partial charge in [-0.3, -0.25) is 4.79 Å². The van der Waals surface area contributed by atoms with Crippen molar-refractivity contribution in [3.8, 4) is 0 Å². The topological polar surface area (TPSA) is 29.1 Å². The van der Waals surface area contributed by atoms with E-state index >= 15 is 0 Å². The van der Waals surface area contributed by atoms with Crippen LogP contribution in [0, 0.1) is 17.8 Å². The Morgan fingerprint density at radius 1 is 1.17 bits per heavy atom. The maximum atomic E-state index is 11.9. The smallest absolute Gasteiger partial charge is 0.220 e. The van der Waals surface area contributed by atoms with Crippen LogP contribution in [0.2, 0.25) is 0 Å². The van der Waals surface area contributed by atoms with Crippen LogP contribution in [0.15, 0.2) is 30.3 Å². The van der Waals surface area contributed by atoms with Crippen LogP contribution in [-0.2, 0) is 11.3 Å². The molecule has 2 fully saturated rings. The van der Waals surface area contributed by atoms with Crippen LogP contribution in [0.3, 0.4) is 0 Å². The minimum absolute atomic E-state index is 0.233. The van der Waals surface area contributed by atoms with E-state index in [0.717, 1.165) is 18.3 Å². The fourth-order valence-electron chi connectivity index (χ4n) is 3.73. The highest BCUT2D eigenvalue weighted by atomic mass is 16.1. The third kappa shape index (κ3) is 2.58. The predicted molar refractivity (Wildman–Crippen MR) is 71.8 cm³/mol. The van der Waals surface area contributed by atoms with Crippen LogP contribution in [0.1, 0.15) is 37.7 Å². The highest BCUT2D eigenvalue weighted by Crippen LogP contribution is 2.49. The van der Waals surface area contributed by atoms with Crippen molar-refractivity contribution in [3.63, 3.8) is 0 Å². The van der Waals surface area contributed by atoms with Gasteiger partial charge in [0.25, 0.3) is 0 Å². The number of carbonyl (C=O) groups excluding carboxylic acids is 1. The van der Waals surface area contributed by atoms with Gasteiger partial charge in [0.2, 0.25) is 5.91 Å². The van der Waals surface area contributed by atoms with Crippen molar-refractivity contribution in [2.24, 2.45) is 17.8 Å². The van der Waals surface area contributed by atoms with Crippen molar-refractivity contribution in [2.45, 2.75) is 38.6 Å². The Labute approximate surface area is 109 Å². The number of amides is 1. The molecule has 96 valence electrons. The molecule has 0 heterocycles. The first-order valence-corrected chi connectivity index (χ1v) is 7.12. The number of nitrogens with one attached hydrogen (secondary N) is 1. The maximum Gasteiger partial charge on any atom is 0.220 e. The lowest BCUT2D eigenvalue weighted by Gasteiger charge is -2.20. The lowest BCUT2D eigenvalue weighted by Crippen LogP contribution is -2.26. The van der Waals surface area contributed by atoms with Gasteiger partial charge in [0.05, 0.1) is 0 Å². The van der Waals surface area contributed by atoms with E-state index in [4.69, 9.17) is 0 Å². The van der Waals surface area contributed by atoms with Crippen LogP contribution >= 0.6 is 0 Å². The molecule has 2 heteroatoms. The summed E-state index contributed by atoms with van der Waals surface area (Å²) in [5.41, 5.74) is 1.18. The van der Waals surface area contributed by atoms with Crippen molar-refractivity contribution in [1.29, 1.82) is 0 Å². The van der Waals surface area contributed by atoms with E-state index in [1.165, 1.54) is 31.2 Å². The highest BCUT2D eigenvalue weighted by molar-refractivity contribution is 5.76. The largest absolute Gasteiger partial charge is 0.352 e. The molecule has 2 nitrogen and oxygen atoms in total. The number of fused-ring (bicyclic) bond motifs is 2. The van der Waals surface area contributed by atoms with Gasteiger partial charge in [0.1, 0.15) is 0 Å². The van der Waals surface area contributed by atoms with Crippen molar-refractivity contribution < 1.29 is 4.79 Å². The van der Waals surface area contributed by atoms with E-state index < -0.39 is 0 Å². The molecule has 18 heavy (non-hydrogen) atoms. The molecule has 0 aliphatic heterocycles. The number of benzene rings is 1. The summed E-state index contributed by atoms with van der Waals surface area (Å²) in [4.78, 5) is 11.9. The van der Waals surface area contributed by atoms with Crippen molar-refractivity contribution in [1.82, 2.24) is 5.32 Å². The molecule has 2 saturated carbocycles. The summed E-state index contributed by atoms with van der Waals surface area (Å²) >= 11 is 0. The molecule has 0 aromatic heterocycles. The summed E-state index contributed by atoms with van der Waals surface area (Å²) in [6.07, 6.45) is 6.20. The average Bonchev–Trinajstić information content (AvgIpc) is 3.00. The Hall–Kier alpha value is -1.31. The molecule has 0 radical (unpaired) electrons. The SMILES string of the molecule is O=C(CC1CC2CCC1C2)NCc1ccccc1. The molecule has 0 saturated heterocycles. The first-order valence-electron chi connectivity index (χ1n) is 7.12. The average molecular weight is 243 g/mol. The lowest BCUT2D eigenvalue weighted by molar-refractivity contribution is -0.122. The zero-order valence-corrected chi connectivity index (χ0v) is 10.8. The predicted octanol–water partition coefficient (Wildman–Crippen LogP) is 3.13. The van der Waals surface area contributed by atoms with E-state index in [1.54, 1.807) is 0 Å². The highest BCUT2D eigenvalue weighted by Gasteiger charge is 2.39. The fraction of sp³-hybridized carbons (Fsp3) is 0.562. The molecule has 1 aromatic carbocycles. The normalized spacial score (nSPS) is 29.4. The van der Waals surface area contributed by atoms with Crippen LogP contribution in [0.25, 0.3) is 0 Å². The van der Waals surface area contributed by atoms with Gasteiger partial charge in [-0.2, -0.15) is 0 Å². The first kappa shape index (κ1) is 11.8. The molecule has 2 bridgehead atoms. The molecular weight excluding hydrogens is 222 g/mol. The molecule has 2 aliphatic rings. The van der Waals surface area contributed by atoms with Gasteiger partial charge >= 0.3 is 0 Å². The van der Waals surface area contributed by atoms with Gasteiger partial charge in [-0.1, -0.05) is 36.8 Å². The van der Waals surface area contributed by atoms with E-state index in [2.05, 4.69) is 17.4 Å². The summed E-state index contributed by atoms with van der Waals surface area (Å²) in [6, 6.07) is 10.1. The lowest BCUT2D eigenvalue weighted by atomic mass is 9.86. The van der Waals surface area contributed by atoms with Crippen LogP contribution in [0.4, 0.5) is 0 Å². The van der Waals surface area contributed by atoms with Crippen molar-refractivity contribution in [2.75, 3.05) is 0 Å². The first-order chi connectivity index (χ1) is 8.81. The van der Waals surface area contributed by atoms with Crippen LogP contribution in [0.5, 0.6) is 0 Å². The van der Waals surface area contributed by atoms with E-state index in [9.17, 15) is 4.79 Å². The van der Waals surface area contributed by atoms with Gasteiger partial charge < -0.3 is 5.32 Å². The second kappa shape index (κ2) is 5.13. The Kier molecular flexibility index (Phi) is 3.35. The van der Waals surface area contributed by atoms with Crippen LogP contribution in [-0.4, -0.2) is 5.91 Å². The molecule has 1 aromatic rings. The van der Waals surface area contributed by atoms with Crippen molar-refractivity contribution >= 4 is 5.91 Å². The molecule has 3 atom stereocenters. The minimum Gasteiger partial charge on any atom is -0.352 e. The second-order valence-corrected chi connectivity index (χ2v) is 5.90. The van der Waals surface area contributed by atoms with Gasteiger partial charge in [0, 0.05) is 13.0 Å². The van der Waals surface area contributed by atoms with E-state index in [-0.39, 0.29) is 5.91 Å². The quantitative estimate of drug-likeness (QED) is 0.865. The standard InChI is InChI=1S/C16H21NO/c18-16(17-11-12-4-2-1-3-5-12)10-15-9-13-6-7-14(15)8-13/h1-5,13-15H,6-11H2,(H,17,18). The molecule has 1 amide bonds. The van der Waals surface area contributed by atoms with Gasteiger partial charge in [-0.05, 0) is 42.6 Å². The summed E-state index contributed by atoms with van der Waals surface area (Å²) in [6.45, 7) is 0.667. The van der Waals surface area contributed by atoms with E-state index in [0.29, 0.717) is 12.5 Å². The Bertz CT molecular complexity index is 414. The molecule has 0 spiro atoms.